The Labute approximate surface area is 143 Å². The maximum absolute atomic E-state index is 12.7. The van der Waals surface area contributed by atoms with E-state index in [2.05, 4.69) is 14.9 Å². The highest BCUT2D eigenvalue weighted by molar-refractivity contribution is 7.92. The van der Waals surface area contributed by atoms with E-state index in [4.69, 9.17) is 5.73 Å². The van der Waals surface area contributed by atoms with Crippen molar-refractivity contribution in [1.82, 2.24) is 10.2 Å². The Bertz CT molecular complexity index is 1070. The average molecular weight is 360 g/mol. The van der Waals surface area contributed by atoms with Gasteiger partial charge in [0.25, 0.3) is 15.9 Å². The van der Waals surface area contributed by atoms with E-state index in [1.165, 1.54) is 6.07 Å². The quantitative estimate of drug-likeness (QED) is 0.549. The van der Waals surface area contributed by atoms with Gasteiger partial charge in [0.2, 0.25) is 0 Å². The topological polar surface area (TPSA) is 138 Å². The van der Waals surface area contributed by atoms with E-state index in [0.29, 0.717) is 23.2 Å². The molecular weight excluding hydrogens is 344 g/mol. The normalized spacial score (nSPS) is 11.6. The molecule has 8 nitrogen and oxygen atoms in total. The number of phenols is 1. The van der Waals surface area contributed by atoms with Crippen LogP contribution >= 0.6 is 0 Å². The van der Waals surface area contributed by atoms with Crippen LogP contribution in [0.25, 0.3) is 10.9 Å². The Balaban J connectivity index is 2.04. The lowest BCUT2D eigenvalue weighted by Gasteiger charge is -2.12. The summed E-state index contributed by atoms with van der Waals surface area (Å²) in [6.45, 7) is 1.73. The monoisotopic (exact) mass is 360 g/mol. The number of aromatic amines is 1. The number of sulfonamides is 1. The van der Waals surface area contributed by atoms with Gasteiger partial charge in [-0.3, -0.25) is 14.6 Å². The van der Waals surface area contributed by atoms with Gasteiger partial charge in [-0.15, -0.1) is 0 Å². The van der Waals surface area contributed by atoms with Crippen molar-refractivity contribution in [1.29, 1.82) is 0 Å². The molecule has 130 valence electrons. The fourth-order valence-corrected chi connectivity index (χ4v) is 3.62. The molecule has 0 aliphatic rings. The van der Waals surface area contributed by atoms with Crippen molar-refractivity contribution < 1.29 is 18.3 Å². The number of aromatic hydroxyl groups is 1. The van der Waals surface area contributed by atoms with E-state index in [-0.39, 0.29) is 16.2 Å². The van der Waals surface area contributed by atoms with Crippen LogP contribution in [0.1, 0.15) is 22.8 Å². The third-order valence-electron chi connectivity index (χ3n) is 3.81. The van der Waals surface area contributed by atoms with Crippen molar-refractivity contribution in [2.75, 3.05) is 4.72 Å². The molecule has 0 saturated carbocycles. The van der Waals surface area contributed by atoms with Crippen LogP contribution in [0, 0.1) is 0 Å². The number of aromatic nitrogens is 2. The van der Waals surface area contributed by atoms with E-state index in [1.54, 1.807) is 31.3 Å². The minimum Gasteiger partial charge on any atom is -0.507 e. The van der Waals surface area contributed by atoms with Gasteiger partial charge in [-0.05, 0) is 42.3 Å². The van der Waals surface area contributed by atoms with E-state index in [9.17, 15) is 18.3 Å². The third kappa shape index (κ3) is 3.13. The zero-order valence-corrected chi connectivity index (χ0v) is 14.1. The summed E-state index contributed by atoms with van der Waals surface area (Å²) in [4.78, 5) is 11.3. The summed E-state index contributed by atoms with van der Waals surface area (Å²) in [6, 6.07) is 7.31. The lowest BCUT2D eigenvalue weighted by molar-refractivity contribution is 0.0997. The number of carbonyl (C=O) groups excluding carboxylic acids is 1. The van der Waals surface area contributed by atoms with Gasteiger partial charge in [0.15, 0.2) is 0 Å². The van der Waals surface area contributed by atoms with E-state index in [1.807, 2.05) is 0 Å². The second-order valence-corrected chi connectivity index (χ2v) is 7.16. The Kier molecular flexibility index (Phi) is 4.09. The molecular formula is C16H16N4O4S. The number of amides is 1. The molecule has 1 aromatic heterocycles. The van der Waals surface area contributed by atoms with Crippen molar-refractivity contribution in [3.63, 3.8) is 0 Å². The molecule has 0 unspecified atom stereocenters. The highest BCUT2D eigenvalue weighted by Gasteiger charge is 2.21. The predicted molar refractivity (Wildman–Crippen MR) is 92.9 cm³/mol. The van der Waals surface area contributed by atoms with Crippen LogP contribution in [0.3, 0.4) is 0 Å². The molecule has 0 atom stereocenters. The first-order valence-electron chi connectivity index (χ1n) is 7.43. The highest BCUT2D eigenvalue weighted by atomic mass is 32.2. The standard InChI is InChI=1S/C16H16N4O4S/c1-2-9-5-12(7-13(15(9)21)16(17)22)25(23,24)20-11-4-3-10-8-18-19-14(10)6-11/h3-8,20-21H,2H2,1H3,(H2,17,22)(H,18,19). The lowest BCUT2D eigenvalue weighted by Crippen LogP contribution is -2.17. The van der Waals surface area contributed by atoms with Gasteiger partial charge in [-0.2, -0.15) is 5.10 Å². The number of nitrogens with one attached hydrogen (secondary N) is 2. The van der Waals surface area contributed by atoms with Crippen LogP contribution in [0.2, 0.25) is 0 Å². The molecule has 0 radical (unpaired) electrons. The maximum Gasteiger partial charge on any atom is 0.261 e. The predicted octanol–water partition coefficient (Wildman–Crippen LogP) is 1.73. The van der Waals surface area contributed by atoms with Crippen molar-refractivity contribution in [3.8, 4) is 5.75 Å². The summed E-state index contributed by atoms with van der Waals surface area (Å²) >= 11 is 0. The molecule has 1 amide bonds. The molecule has 0 bridgehead atoms. The Hall–Kier alpha value is -3.07. The molecule has 0 spiro atoms. The Morgan fingerprint density at radius 1 is 1.32 bits per heavy atom. The third-order valence-corrected chi connectivity index (χ3v) is 5.17. The minimum absolute atomic E-state index is 0.152. The Morgan fingerprint density at radius 3 is 2.76 bits per heavy atom. The second-order valence-electron chi connectivity index (χ2n) is 5.47. The van der Waals surface area contributed by atoms with Crippen molar-refractivity contribution in [3.05, 3.63) is 47.7 Å². The lowest BCUT2D eigenvalue weighted by atomic mass is 10.1. The summed E-state index contributed by atoms with van der Waals surface area (Å²) in [6.07, 6.45) is 1.97. The van der Waals surface area contributed by atoms with Gasteiger partial charge in [-0.25, -0.2) is 8.42 Å². The molecule has 3 rings (SSSR count). The molecule has 25 heavy (non-hydrogen) atoms. The Morgan fingerprint density at radius 2 is 2.08 bits per heavy atom. The van der Waals surface area contributed by atoms with Crippen molar-refractivity contribution in [2.45, 2.75) is 18.2 Å². The second kappa shape index (κ2) is 6.10. The smallest absolute Gasteiger partial charge is 0.261 e. The number of benzene rings is 2. The van der Waals surface area contributed by atoms with E-state index < -0.39 is 15.9 Å². The summed E-state index contributed by atoms with van der Waals surface area (Å²) in [7, 11) is -3.97. The first-order valence-corrected chi connectivity index (χ1v) is 8.92. The molecule has 2 aromatic carbocycles. The van der Waals surface area contributed by atoms with Crippen LogP contribution in [-0.2, 0) is 16.4 Å². The summed E-state index contributed by atoms with van der Waals surface area (Å²) in [5, 5.41) is 17.5. The molecule has 0 fully saturated rings. The summed E-state index contributed by atoms with van der Waals surface area (Å²) in [5.41, 5.74) is 6.33. The first-order chi connectivity index (χ1) is 11.8. The number of hydrogen-bond donors (Lipinski definition) is 4. The fraction of sp³-hybridized carbons (Fsp3) is 0.125. The average Bonchev–Trinajstić information content (AvgIpc) is 3.01. The number of carbonyl (C=O) groups is 1. The fourth-order valence-electron chi connectivity index (χ4n) is 2.49. The molecule has 0 aliphatic heterocycles. The SMILES string of the molecule is CCc1cc(S(=O)(=O)Nc2ccc3cn[nH]c3c2)cc(C(N)=O)c1O. The molecule has 5 N–H and O–H groups in total. The zero-order valence-electron chi connectivity index (χ0n) is 13.3. The highest BCUT2D eigenvalue weighted by Crippen LogP contribution is 2.28. The number of fused-ring (bicyclic) bond motifs is 1. The number of aryl methyl sites for hydroxylation is 1. The van der Waals surface area contributed by atoms with Crippen LogP contribution in [0.15, 0.2) is 41.4 Å². The molecule has 0 saturated heterocycles. The van der Waals surface area contributed by atoms with Gasteiger partial charge >= 0.3 is 0 Å². The molecule has 3 aromatic rings. The molecule has 9 heteroatoms. The summed E-state index contributed by atoms with van der Waals surface area (Å²) in [5.74, 6) is -1.20. The number of anilines is 1. The van der Waals surface area contributed by atoms with Crippen LogP contribution < -0.4 is 10.5 Å². The largest absolute Gasteiger partial charge is 0.507 e. The zero-order chi connectivity index (χ0) is 18.2. The minimum atomic E-state index is -3.97. The van der Waals surface area contributed by atoms with Crippen LogP contribution in [-0.4, -0.2) is 29.6 Å². The van der Waals surface area contributed by atoms with Gasteiger partial charge < -0.3 is 10.8 Å². The number of hydrogen-bond acceptors (Lipinski definition) is 5. The van der Waals surface area contributed by atoms with E-state index in [0.717, 1.165) is 11.5 Å². The van der Waals surface area contributed by atoms with Gasteiger partial charge in [0.1, 0.15) is 5.75 Å². The number of nitrogens with two attached hydrogens (primary N) is 1. The van der Waals surface area contributed by atoms with Gasteiger partial charge in [0, 0.05) is 5.39 Å². The number of nitrogens with zero attached hydrogens (tertiary/aromatic N) is 1. The maximum atomic E-state index is 12.7. The molecule has 1 heterocycles. The molecule has 0 aliphatic carbocycles. The summed E-state index contributed by atoms with van der Waals surface area (Å²) < 4.78 is 27.8. The first kappa shape index (κ1) is 16.8. The van der Waals surface area contributed by atoms with E-state index >= 15 is 0 Å². The number of rotatable bonds is 5. The van der Waals surface area contributed by atoms with Crippen LogP contribution in [0.5, 0.6) is 5.75 Å². The van der Waals surface area contributed by atoms with Gasteiger partial charge in [0.05, 0.1) is 27.9 Å². The number of primary amides is 1. The van der Waals surface area contributed by atoms with Crippen LogP contribution in [0.4, 0.5) is 5.69 Å². The van der Waals surface area contributed by atoms with Gasteiger partial charge in [-0.1, -0.05) is 6.92 Å². The van der Waals surface area contributed by atoms with Crippen molar-refractivity contribution >= 4 is 32.5 Å². The van der Waals surface area contributed by atoms with Crippen molar-refractivity contribution in [2.24, 2.45) is 5.73 Å². The number of H-pyrrole nitrogens is 1.